The maximum absolute atomic E-state index is 6.89. The second kappa shape index (κ2) is 27.7. The highest BCUT2D eigenvalue weighted by atomic mass is 32.2. The second-order valence-corrected chi connectivity index (χ2v) is 23.8. The Bertz CT molecular complexity index is 3130. The maximum Gasteiger partial charge on any atom is 0.127 e. The Morgan fingerprint density at radius 1 is 0.347 bits per heavy atom. The standard InChI is InChI=1S/C66H74O2S4/c1-3-5-7-9-11-13-15-17-19-25-41-67-59-39-35-51-27-21-22-28-53(51)63(59)64-54-37-33-49(47-52(54)36-40-60(64)68-42-26-20-18-16-14-12-10-8-6-4-2)31-32-50-34-38-57-58(48-50)62(66-71-45-46-72-66)56-30-24-23-29-55(56)61(57)65-69-43-44-70-65/h21-24,27-40,43-48H,3-20,25-26,41-42H2,1-2H3/b32-31+. The molecule has 0 amide bonds. The van der Waals surface area contributed by atoms with E-state index in [1.165, 1.54) is 189 Å². The van der Waals surface area contributed by atoms with Gasteiger partial charge < -0.3 is 9.47 Å². The number of fused-ring (bicyclic) bond motifs is 4. The number of rotatable bonds is 27. The Morgan fingerprint density at radius 2 is 0.736 bits per heavy atom. The van der Waals surface area contributed by atoms with Gasteiger partial charge in [0.05, 0.1) is 21.7 Å². The molecule has 0 fully saturated rings. The van der Waals surface area contributed by atoms with Crippen molar-refractivity contribution in [2.45, 2.75) is 142 Å². The molecule has 0 radical (unpaired) electrons. The Morgan fingerprint density at radius 3 is 1.25 bits per heavy atom. The number of hydrogen-bond donors (Lipinski definition) is 0. The molecular weight excluding hydrogens is 953 g/mol. The van der Waals surface area contributed by atoms with E-state index in [1.807, 2.05) is 47.0 Å². The van der Waals surface area contributed by atoms with Crippen molar-refractivity contribution in [2.75, 3.05) is 13.2 Å². The molecule has 0 aliphatic carbocycles. The summed E-state index contributed by atoms with van der Waals surface area (Å²) in [5, 5.41) is 21.6. The molecule has 0 N–H and O–H groups in total. The van der Waals surface area contributed by atoms with Crippen molar-refractivity contribution >= 4 is 111 Å². The van der Waals surface area contributed by atoms with Crippen molar-refractivity contribution in [3.8, 4) is 22.6 Å². The molecule has 0 aromatic heterocycles. The molecule has 6 heteroatoms. The fraction of sp³-hybridized carbons (Fsp3) is 0.364. The fourth-order valence-electron chi connectivity index (χ4n) is 10.6. The minimum atomic E-state index is 0.710. The van der Waals surface area contributed by atoms with E-state index in [0.29, 0.717) is 13.2 Å². The van der Waals surface area contributed by atoms with Crippen LogP contribution in [0.2, 0.25) is 0 Å². The van der Waals surface area contributed by atoms with Gasteiger partial charge in [-0.15, -0.1) is 0 Å². The number of thioether (sulfide) groups is 4. The van der Waals surface area contributed by atoms with Gasteiger partial charge in [-0.05, 0) is 113 Å². The molecule has 2 nitrogen and oxygen atoms in total. The molecule has 2 aliphatic heterocycles. The summed E-state index contributed by atoms with van der Waals surface area (Å²) in [5.74, 6) is 1.88. The van der Waals surface area contributed by atoms with Crippen LogP contribution in [0, 0.1) is 0 Å². The van der Waals surface area contributed by atoms with Gasteiger partial charge in [-0.1, -0.05) is 274 Å². The zero-order valence-corrected chi connectivity index (χ0v) is 46.1. The van der Waals surface area contributed by atoms with Crippen LogP contribution in [0.5, 0.6) is 11.5 Å². The van der Waals surface area contributed by atoms with Gasteiger partial charge in [0, 0.05) is 21.6 Å². The first-order chi connectivity index (χ1) is 35.7. The maximum atomic E-state index is 6.89. The third-order valence-corrected chi connectivity index (χ3v) is 18.7. The highest BCUT2D eigenvalue weighted by molar-refractivity contribution is 8.35. The van der Waals surface area contributed by atoms with Gasteiger partial charge >= 0.3 is 0 Å². The topological polar surface area (TPSA) is 18.5 Å². The van der Waals surface area contributed by atoms with Gasteiger partial charge in [0.1, 0.15) is 11.5 Å². The summed E-state index contributed by atoms with van der Waals surface area (Å²) >= 11 is 7.35. The minimum Gasteiger partial charge on any atom is -0.493 e. The van der Waals surface area contributed by atoms with Crippen molar-refractivity contribution in [1.82, 2.24) is 0 Å². The van der Waals surface area contributed by atoms with E-state index in [0.717, 1.165) is 35.5 Å². The average Bonchev–Trinajstić information content (AvgIpc) is 4.17. The van der Waals surface area contributed by atoms with E-state index in [4.69, 9.17) is 9.47 Å². The van der Waals surface area contributed by atoms with Crippen LogP contribution < -0.4 is 19.9 Å². The SMILES string of the molecule is CCCCCCCCCCCCOc1ccc2ccccc2c1-c1c(OCCCCCCCCCCCC)ccc2cc(/C=C/c3ccc4c(=C5SC=CS5)c5ccccc5c(=C5SC=CS5)c4c3)ccc12. The molecule has 2 heterocycles. The van der Waals surface area contributed by atoms with E-state index >= 15 is 0 Å². The number of hydrogen-bond acceptors (Lipinski definition) is 6. The van der Waals surface area contributed by atoms with E-state index in [-0.39, 0.29) is 0 Å². The molecule has 7 aromatic carbocycles. The van der Waals surface area contributed by atoms with Gasteiger partial charge in [-0.2, -0.15) is 0 Å². The molecule has 0 saturated heterocycles. The number of benzene rings is 7. The van der Waals surface area contributed by atoms with Crippen molar-refractivity contribution in [2.24, 2.45) is 0 Å². The number of ether oxygens (including phenoxy) is 2. The van der Waals surface area contributed by atoms with Gasteiger partial charge in [0.15, 0.2) is 0 Å². The van der Waals surface area contributed by atoms with Crippen molar-refractivity contribution in [1.29, 1.82) is 0 Å². The molecule has 0 unspecified atom stereocenters. The first-order valence-electron chi connectivity index (χ1n) is 27.4. The lowest BCUT2D eigenvalue weighted by atomic mass is 9.91. The lowest BCUT2D eigenvalue weighted by Crippen LogP contribution is -2.16. The molecule has 0 bridgehead atoms. The Hall–Kier alpha value is -4.46. The predicted octanol–water partition coefficient (Wildman–Crippen LogP) is 20.8. The molecule has 2 aliphatic rings. The Labute approximate surface area is 447 Å². The summed E-state index contributed by atoms with van der Waals surface area (Å²) < 4.78 is 16.4. The summed E-state index contributed by atoms with van der Waals surface area (Å²) in [6.07, 6.45) is 30.7. The summed E-state index contributed by atoms with van der Waals surface area (Å²) in [5.41, 5.74) is 4.64. The molecule has 0 spiro atoms. The summed E-state index contributed by atoms with van der Waals surface area (Å²) in [6, 6.07) is 40.7. The highest BCUT2D eigenvalue weighted by Crippen LogP contribution is 2.46. The monoisotopic (exact) mass is 1030 g/mol. The molecule has 72 heavy (non-hydrogen) atoms. The zero-order valence-electron chi connectivity index (χ0n) is 42.9. The van der Waals surface area contributed by atoms with Crippen LogP contribution in [-0.4, -0.2) is 13.2 Å². The smallest absolute Gasteiger partial charge is 0.127 e. The highest BCUT2D eigenvalue weighted by Gasteiger charge is 2.20. The van der Waals surface area contributed by atoms with Gasteiger partial charge in [0.2, 0.25) is 0 Å². The van der Waals surface area contributed by atoms with Crippen molar-refractivity contribution in [3.63, 3.8) is 0 Å². The van der Waals surface area contributed by atoms with Crippen LogP contribution in [-0.2, 0) is 0 Å². The van der Waals surface area contributed by atoms with E-state index in [9.17, 15) is 0 Å². The molecule has 374 valence electrons. The lowest BCUT2D eigenvalue weighted by Gasteiger charge is -2.20. The normalized spacial score (nSPS) is 13.6. The Balaban J connectivity index is 1.01. The fourth-order valence-corrected chi connectivity index (χ4v) is 14.4. The minimum absolute atomic E-state index is 0.710. The second-order valence-electron chi connectivity index (χ2n) is 19.7. The molecular formula is C66H74O2S4. The van der Waals surface area contributed by atoms with Crippen LogP contribution in [0.15, 0.2) is 131 Å². The van der Waals surface area contributed by atoms with Gasteiger partial charge in [-0.25, -0.2) is 0 Å². The third kappa shape index (κ3) is 13.4. The number of unbranched alkanes of at least 4 members (excludes halogenated alkanes) is 18. The van der Waals surface area contributed by atoms with Crippen LogP contribution in [0.4, 0.5) is 0 Å². The summed E-state index contributed by atoms with van der Waals surface area (Å²) in [6.45, 7) is 6.02. The van der Waals surface area contributed by atoms with Crippen molar-refractivity contribution < 1.29 is 9.47 Å². The van der Waals surface area contributed by atoms with Crippen LogP contribution in [0.25, 0.3) is 74.8 Å². The summed E-state index contributed by atoms with van der Waals surface area (Å²) in [7, 11) is 0. The quantitative estimate of drug-likeness (QED) is 0.0288. The van der Waals surface area contributed by atoms with Gasteiger partial charge in [-0.3, -0.25) is 0 Å². The van der Waals surface area contributed by atoms with E-state index < -0.39 is 0 Å². The Kier molecular flexibility index (Phi) is 20.2. The van der Waals surface area contributed by atoms with Crippen LogP contribution >= 0.6 is 47.0 Å². The summed E-state index contributed by atoms with van der Waals surface area (Å²) in [4.78, 5) is 0. The third-order valence-electron chi connectivity index (χ3n) is 14.4. The molecule has 0 saturated carbocycles. The molecule has 9 rings (SSSR count). The predicted molar refractivity (Wildman–Crippen MR) is 327 cm³/mol. The van der Waals surface area contributed by atoms with Crippen LogP contribution in [0.1, 0.15) is 153 Å². The van der Waals surface area contributed by atoms with Gasteiger partial charge in [0.25, 0.3) is 0 Å². The first kappa shape index (κ1) is 52.4. The first-order valence-corrected chi connectivity index (χ1v) is 31.0. The average molecular weight is 1030 g/mol. The van der Waals surface area contributed by atoms with Crippen molar-refractivity contribution in [3.05, 3.63) is 152 Å². The largest absolute Gasteiger partial charge is 0.493 e. The molecule has 0 atom stereocenters. The lowest BCUT2D eigenvalue weighted by molar-refractivity contribution is 0.301. The van der Waals surface area contributed by atoms with E-state index in [2.05, 4.69) is 157 Å². The van der Waals surface area contributed by atoms with E-state index in [1.54, 1.807) is 0 Å². The molecule has 7 aromatic rings. The zero-order chi connectivity index (χ0) is 49.2. The van der Waals surface area contributed by atoms with Crippen LogP contribution in [0.3, 0.4) is 0 Å².